The Balaban J connectivity index is 1.30. The first-order valence-corrected chi connectivity index (χ1v) is 13.6. The van der Waals surface area contributed by atoms with Gasteiger partial charge in [-0.15, -0.1) is 0 Å². The van der Waals surface area contributed by atoms with Crippen molar-refractivity contribution in [3.63, 3.8) is 0 Å². The first-order chi connectivity index (χ1) is 20.2. The molecule has 0 spiro atoms. The van der Waals surface area contributed by atoms with E-state index in [9.17, 15) is 0 Å². The number of fused-ring (bicyclic) bond motifs is 1. The van der Waals surface area contributed by atoms with E-state index in [-0.39, 0.29) is 0 Å². The first kappa shape index (κ1) is 24.6. The minimum absolute atomic E-state index is 0.654. The highest BCUT2D eigenvalue weighted by molar-refractivity contribution is 5.93. The van der Waals surface area contributed by atoms with Crippen molar-refractivity contribution in [3.05, 3.63) is 145 Å². The van der Waals surface area contributed by atoms with Crippen LogP contribution in [-0.2, 0) is 0 Å². The van der Waals surface area contributed by atoms with Crippen LogP contribution in [0.2, 0.25) is 0 Å². The molecule has 0 N–H and O–H groups in total. The molecule has 0 aliphatic rings. The van der Waals surface area contributed by atoms with Gasteiger partial charge in [-0.05, 0) is 59.0 Å². The molecule has 7 aromatic rings. The maximum Gasteiger partial charge on any atom is 0.163 e. The van der Waals surface area contributed by atoms with Crippen LogP contribution in [0.1, 0.15) is 5.82 Å². The van der Waals surface area contributed by atoms with Crippen LogP contribution in [0.5, 0.6) is 0 Å². The second kappa shape index (κ2) is 10.6. The lowest BCUT2D eigenvalue weighted by Gasteiger charge is -2.12. The van der Waals surface area contributed by atoms with Crippen molar-refractivity contribution in [3.8, 4) is 56.2 Å². The van der Waals surface area contributed by atoms with Crippen LogP contribution in [0, 0.1) is 6.92 Å². The molecule has 0 saturated carbocycles. The molecule has 0 radical (unpaired) electrons. The zero-order valence-electron chi connectivity index (χ0n) is 22.6. The molecule has 41 heavy (non-hydrogen) atoms. The molecule has 0 aliphatic heterocycles. The fourth-order valence-electron chi connectivity index (χ4n) is 5.23. The highest BCUT2D eigenvalue weighted by Crippen LogP contribution is 2.33. The maximum absolute atomic E-state index is 4.96. The summed E-state index contributed by atoms with van der Waals surface area (Å²) in [5, 5.41) is 1.12. The summed E-state index contributed by atoms with van der Waals surface area (Å²) in [5.41, 5.74) is 9.64. The molecule has 194 valence electrons. The Labute approximate surface area is 239 Å². The number of benzene rings is 5. The van der Waals surface area contributed by atoms with E-state index in [0.717, 1.165) is 55.4 Å². The van der Waals surface area contributed by atoms with Gasteiger partial charge in [0, 0.05) is 28.3 Å². The molecule has 2 heterocycles. The summed E-state index contributed by atoms with van der Waals surface area (Å²) in [6, 6.07) is 46.1. The molecule has 4 nitrogen and oxygen atoms in total. The Hall–Kier alpha value is -5.48. The molecule has 0 saturated heterocycles. The third-order valence-corrected chi connectivity index (χ3v) is 7.24. The molecule has 0 aliphatic carbocycles. The van der Waals surface area contributed by atoms with E-state index in [2.05, 4.69) is 120 Å². The van der Waals surface area contributed by atoms with Crippen LogP contribution in [0.25, 0.3) is 67.1 Å². The Morgan fingerprint density at radius 2 is 0.976 bits per heavy atom. The summed E-state index contributed by atoms with van der Waals surface area (Å²) >= 11 is 0. The van der Waals surface area contributed by atoms with Gasteiger partial charge in [-0.2, -0.15) is 0 Å². The van der Waals surface area contributed by atoms with Crippen molar-refractivity contribution in [2.24, 2.45) is 0 Å². The van der Waals surface area contributed by atoms with Gasteiger partial charge in [0.2, 0.25) is 0 Å². The van der Waals surface area contributed by atoms with Crippen molar-refractivity contribution in [2.45, 2.75) is 6.92 Å². The molecule has 0 bridgehead atoms. The second-order valence-corrected chi connectivity index (χ2v) is 10.0. The molecular formula is C37H26N4. The molecule has 2 aromatic heterocycles. The van der Waals surface area contributed by atoms with Crippen LogP contribution in [0.15, 0.2) is 140 Å². The van der Waals surface area contributed by atoms with E-state index in [1.54, 1.807) is 0 Å². The van der Waals surface area contributed by atoms with E-state index < -0.39 is 0 Å². The predicted molar refractivity (Wildman–Crippen MR) is 167 cm³/mol. The Bertz CT molecular complexity index is 1920. The van der Waals surface area contributed by atoms with Gasteiger partial charge in [0.1, 0.15) is 5.82 Å². The van der Waals surface area contributed by atoms with Gasteiger partial charge in [-0.1, -0.05) is 109 Å². The summed E-state index contributed by atoms with van der Waals surface area (Å²) in [6.07, 6.45) is 1.84. The number of rotatable bonds is 5. The van der Waals surface area contributed by atoms with Gasteiger partial charge in [0.05, 0.1) is 5.52 Å². The number of nitrogens with zero attached hydrogens (tertiary/aromatic N) is 4. The van der Waals surface area contributed by atoms with Gasteiger partial charge in [-0.3, -0.25) is 4.98 Å². The van der Waals surface area contributed by atoms with Crippen LogP contribution in [-0.4, -0.2) is 19.9 Å². The first-order valence-electron chi connectivity index (χ1n) is 13.6. The quantitative estimate of drug-likeness (QED) is 0.224. The highest BCUT2D eigenvalue weighted by atomic mass is 15.0. The van der Waals surface area contributed by atoms with Crippen molar-refractivity contribution in [2.75, 3.05) is 0 Å². The van der Waals surface area contributed by atoms with Crippen molar-refractivity contribution < 1.29 is 0 Å². The molecule has 0 amide bonds. The number of aryl methyl sites for hydroxylation is 1. The Kier molecular flexibility index (Phi) is 6.34. The number of pyridine rings is 1. The topological polar surface area (TPSA) is 51.6 Å². The van der Waals surface area contributed by atoms with E-state index in [1.165, 1.54) is 0 Å². The fourth-order valence-corrected chi connectivity index (χ4v) is 5.23. The molecule has 0 fully saturated rings. The Morgan fingerprint density at radius 3 is 1.63 bits per heavy atom. The third kappa shape index (κ3) is 4.99. The van der Waals surface area contributed by atoms with Crippen LogP contribution >= 0.6 is 0 Å². The summed E-state index contributed by atoms with van der Waals surface area (Å²) in [6.45, 7) is 1.92. The average molecular weight is 527 g/mol. The maximum atomic E-state index is 4.96. The van der Waals surface area contributed by atoms with Gasteiger partial charge >= 0.3 is 0 Å². The van der Waals surface area contributed by atoms with E-state index in [4.69, 9.17) is 15.0 Å². The fraction of sp³-hybridized carbons (Fsp3) is 0.0270. The monoisotopic (exact) mass is 526 g/mol. The van der Waals surface area contributed by atoms with E-state index in [0.29, 0.717) is 17.5 Å². The van der Waals surface area contributed by atoms with E-state index >= 15 is 0 Å². The second-order valence-electron chi connectivity index (χ2n) is 10.0. The smallest absolute Gasteiger partial charge is 0.163 e. The Morgan fingerprint density at radius 1 is 0.415 bits per heavy atom. The van der Waals surface area contributed by atoms with Gasteiger partial charge in [-0.25, -0.2) is 15.0 Å². The van der Waals surface area contributed by atoms with Gasteiger partial charge in [0.25, 0.3) is 0 Å². The minimum atomic E-state index is 0.654. The molecule has 0 unspecified atom stereocenters. The van der Waals surface area contributed by atoms with Crippen molar-refractivity contribution in [1.29, 1.82) is 0 Å². The highest BCUT2D eigenvalue weighted by Gasteiger charge is 2.13. The normalized spacial score (nSPS) is 11.0. The number of hydrogen-bond donors (Lipinski definition) is 0. The number of aromatic nitrogens is 4. The van der Waals surface area contributed by atoms with Crippen molar-refractivity contribution >= 4 is 10.9 Å². The molecule has 4 heteroatoms. The molecule has 0 atom stereocenters. The zero-order valence-corrected chi connectivity index (χ0v) is 22.6. The average Bonchev–Trinajstić information content (AvgIpc) is 3.05. The standard InChI is InChI=1S/C37H26N4/c1-25-39-36(30-19-17-28(18-20-30)34-16-8-14-29-15-9-21-38-35(29)34)41-37(40-25)33-23-31(26-10-4-2-5-11-26)22-32(24-33)27-12-6-3-7-13-27/h2-24H,1H3. The summed E-state index contributed by atoms with van der Waals surface area (Å²) < 4.78 is 0. The summed E-state index contributed by atoms with van der Waals surface area (Å²) in [4.78, 5) is 19.1. The van der Waals surface area contributed by atoms with E-state index in [1.807, 2.05) is 31.3 Å². The summed E-state index contributed by atoms with van der Waals surface area (Å²) in [7, 11) is 0. The third-order valence-electron chi connectivity index (χ3n) is 7.24. The van der Waals surface area contributed by atoms with Gasteiger partial charge in [0.15, 0.2) is 11.6 Å². The summed E-state index contributed by atoms with van der Waals surface area (Å²) in [5.74, 6) is 1.99. The number of hydrogen-bond acceptors (Lipinski definition) is 4. The lowest BCUT2D eigenvalue weighted by molar-refractivity contribution is 0.992. The van der Waals surface area contributed by atoms with Crippen LogP contribution in [0.4, 0.5) is 0 Å². The van der Waals surface area contributed by atoms with Crippen LogP contribution in [0.3, 0.4) is 0 Å². The minimum Gasteiger partial charge on any atom is -0.256 e. The molecule has 7 rings (SSSR count). The van der Waals surface area contributed by atoms with Gasteiger partial charge < -0.3 is 0 Å². The van der Waals surface area contributed by atoms with Crippen molar-refractivity contribution in [1.82, 2.24) is 19.9 Å². The van der Waals surface area contributed by atoms with Crippen LogP contribution < -0.4 is 0 Å². The number of para-hydroxylation sites is 1. The largest absolute Gasteiger partial charge is 0.256 e. The SMILES string of the molecule is Cc1nc(-c2ccc(-c3cccc4cccnc34)cc2)nc(-c2cc(-c3ccccc3)cc(-c3ccccc3)c2)n1. The predicted octanol–water partition coefficient (Wildman–Crippen LogP) is 9.06. The molecule has 5 aromatic carbocycles. The molecular weight excluding hydrogens is 500 g/mol. The zero-order chi connectivity index (χ0) is 27.6. The lowest BCUT2D eigenvalue weighted by atomic mass is 9.96. The lowest BCUT2D eigenvalue weighted by Crippen LogP contribution is -2.00.